The minimum absolute atomic E-state index is 0.696. The molecule has 0 radical (unpaired) electrons. The number of rotatable bonds is 12. The minimum atomic E-state index is 0.696. The van der Waals surface area contributed by atoms with Crippen molar-refractivity contribution in [3.63, 3.8) is 0 Å². The minimum Gasteiger partial charge on any atom is -0.291 e. The second kappa shape index (κ2) is 12.3. The molecule has 1 saturated heterocycles. The van der Waals surface area contributed by atoms with Gasteiger partial charge < -0.3 is 0 Å². The summed E-state index contributed by atoms with van der Waals surface area (Å²) in [6.45, 7) is 13.4. The first-order valence-electron chi connectivity index (χ1n) is 10.6. The zero-order valence-corrected chi connectivity index (χ0v) is 16.8. The molecule has 1 rings (SSSR count). The maximum Gasteiger partial charge on any atom is 0.0622 e. The van der Waals surface area contributed by atoms with Gasteiger partial charge in [-0.15, -0.1) is 0 Å². The normalized spacial score (nSPS) is 23.1. The molecule has 3 atom stereocenters. The van der Waals surface area contributed by atoms with Crippen molar-refractivity contribution < 1.29 is 0 Å². The van der Waals surface area contributed by atoms with Crippen molar-refractivity contribution in [3.8, 4) is 0 Å². The van der Waals surface area contributed by atoms with Crippen molar-refractivity contribution in [2.75, 3.05) is 26.7 Å². The maximum atomic E-state index is 2.84. The maximum absolute atomic E-state index is 2.84. The summed E-state index contributed by atoms with van der Waals surface area (Å²) in [5.41, 5.74) is 0. The van der Waals surface area contributed by atoms with Crippen molar-refractivity contribution >= 4 is 0 Å². The quantitative estimate of drug-likeness (QED) is 0.449. The lowest BCUT2D eigenvalue weighted by molar-refractivity contribution is -0.00603. The Morgan fingerprint density at radius 1 is 0.870 bits per heavy atom. The van der Waals surface area contributed by atoms with Crippen LogP contribution in [0.3, 0.4) is 0 Å². The number of nitrogens with zero attached hydrogens (tertiary/aromatic N) is 2. The molecule has 1 heterocycles. The number of unbranched alkanes of at least 4 members (excludes halogenated alkanes) is 2. The zero-order valence-electron chi connectivity index (χ0n) is 16.8. The van der Waals surface area contributed by atoms with Crippen molar-refractivity contribution in [3.05, 3.63) is 0 Å². The number of hydrogen-bond donors (Lipinski definition) is 0. The van der Waals surface area contributed by atoms with Gasteiger partial charge in [0.2, 0.25) is 0 Å². The highest BCUT2D eigenvalue weighted by molar-refractivity contribution is 4.81. The standard InChI is InChI=1S/C21H44N2/c1-6-10-13-19(8-3)17-21-22(5)15-12-16-23(21)18-20(9-4)14-11-7-2/h19-21H,6-18H2,1-5H3. The molecule has 0 N–H and O–H groups in total. The summed E-state index contributed by atoms with van der Waals surface area (Å²) in [7, 11) is 2.36. The average molecular weight is 325 g/mol. The van der Waals surface area contributed by atoms with E-state index in [-0.39, 0.29) is 0 Å². The first-order valence-corrected chi connectivity index (χ1v) is 10.6. The third kappa shape index (κ3) is 7.56. The zero-order chi connectivity index (χ0) is 17.1. The molecule has 138 valence electrons. The first kappa shape index (κ1) is 21.0. The van der Waals surface area contributed by atoms with Gasteiger partial charge in [-0.2, -0.15) is 0 Å². The third-order valence-corrected chi connectivity index (χ3v) is 6.01. The van der Waals surface area contributed by atoms with Crippen LogP contribution in [0.2, 0.25) is 0 Å². The van der Waals surface area contributed by atoms with Crippen molar-refractivity contribution in [1.29, 1.82) is 0 Å². The van der Waals surface area contributed by atoms with Crippen LogP contribution in [-0.2, 0) is 0 Å². The Hall–Kier alpha value is -0.0800. The van der Waals surface area contributed by atoms with Crippen LogP contribution in [0.4, 0.5) is 0 Å². The SMILES string of the molecule is CCCCC(CC)CC1N(C)CCCN1CC(CC)CCCC. The summed E-state index contributed by atoms with van der Waals surface area (Å²) >= 11 is 0. The van der Waals surface area contributed by atoms with Gasteiger partial charge in [-0.1, -0.05) is 72.6 Å². The fourth-order valence-corrected chi connectivity index (χ4v) is 4.17. The van der Waals surface area contributed by atoms with Crippen LogP contribution in [0.1, 0.15) is 91.9 Å². The van der Waals surface area contributed by atoms with Crippen LogP contribution in [0.25, 0.3) is 0 Å². The Kier molecular flexibility index (Phi) is 11.2. The smallest absolute Gasteiger partial charge is 0.0622 e. The van der Waals surface area contributed by atoms with Crippen molar-refractivity contribution in [2.45, 2.75) is 98.1 Å². The highest BCUT2D eigenvalue weighted by Gasteiger charge is 2.29. The van der Waals surface area contributed by atoms with Gasteiger partial charge in [0.05, 0.1) is 6.17 Å². The van der Waals surface area contributed by atoms with E-state index in [0.29, 0.717) is 6.17 Å². The monoisotopic (exact) mass is 324 g/mol. The lowest BCUT2D eigenvalue weighted by atomic mass is 9.91. The molecule has 0 aromatic carbocycles. The van der Waals surface area contributed by atoms with Gasteiger partial charge in [-0.25, -0.2) is 0 Å². The van der Waals surface area contributed by atoms with E-state index in [4.69, 9.17) is 0 Å². The Bertz CT molecular complexity index is 279. The van der Waals surface area contributed by atoms with Crippen LogP contribution < -0.4 is 0 Å². The molecular weight excluding hydrogens is 280 g/mol. The van der Waals surface area contributed by atoms with Crippen LogP contribution in [0, 0.1) is 11.8 Å². The van der Waals surface area contributed by atoms with Gasteiger partial charge in [0, 0.05) is 19.6 Å². The predicted octanol–water partition coefficient (Wildman–Crippen LogP) is 5.77. The summed E-state index contributed by atoms with van der Waals surface area (Å²) in [6.07, 6.45) is 14.5. The van der Waals surface area contributed by atoms with Crippen molar-refractivity contribution in [2.24, 2.45) is 11.8 Å². The molecule has 0 aromatic heterocycles. The van der Waals surface area contributed by atoms with Gasteiger partial charge in [-0.05, 0) is 38.1 Å². The molecule has 3 unspecified atom stereocenters. The van der Waals surface area contributed by atoms with Gasteiger partial charge in [0.15, 0.2) is 0 Å². The molecule has 1 aliphatic rings. The highest BCUT2D eigenvalue weighted by atomic mass is 15.4. The summed E-state index contributed by atoms with van der Waals surface area (Å²) < 4.78 is 0. The molecule has 0 saturated carbocycles. The molecule has 2 nitrogen and oxygen atoms in total. The Morgan fingerprint density at radius 3 is 2.04 bits per heavy atom. The van der Waals surface area contributed by atoms with Crippen LogP contribution >= 0.6 is 0 Å². The third-order valence-electron chi connectivity index (χ3n) is 6.01. The Labute approximate surface area is 147 Å². The van der Waals surface area contributed by atoms with E-state index in [1.165, 1.54) is 83.8 Å². The highest BCUT2D eigenvalue weighted by Crippen LogP contribution is 2.27. The summed E-state index contributed by atoms with van der Waals surface area (Å²) in [5, 5.41) is 0. The van der Waals surface area contributed by atoms with E-state index >= 15 is 0 Å². The molecule has 0 aliphatic carbocycles. The van der Waals surface area contributed by atoms with Gasteiger partial charge in [-0.3, -0.25) is 9.80 Å². The molecule has 23 heavy (non-hydrogen) atoms. The van der Waals surface area contributed by atoms with Crippen LogP contribution in [0.5, 0.6) is 0 Å². The van der Waals surface area contributed by atoms with E-state index in [1.54, 1.807) is 0 Å². The van der Waals surface area contributed by atoms with Crippen LogP contribution in [-0.4, -0.2) is 42.6 Å². The predicted molar refractivity (Wildman–Crippen MR) is 104 cm³/mol. The van der Waals surface area contributed by atoms with E-state index in [2.05, 4.69) is 44.5 Å². The average Bonchev–Trinajstić information content (AvgIpc) is 2.57. The largest absolute Gasteiger partial charge is 0.291 e. The Morgan fingerprint density at radius 2 is 1.48 bits per heavy atom. The lowest BCUT2D eigenvalue weighted by Crippen LogP contribution is -2.54. The molecule has 0 bridgehead atoms. The molecule has 0 amide bonds. The fraction of sp³-hybridized carbons (Fsp3) is 1.00. The van der Waals surface area contributed by atoms with Gasteiger partial charge in [0.25, 0.3) is 0 Å². The first-order chi connectivity index (χ1) is 11.2. The lowest BCUT2D eigenvalue weighted by Gasteiger charge is -2.45. The van der Waals surface area contributed by atoms with E-state index in [1.807, 2.05) is 0 Å². The van der Waals surface area contributed by atoms with Crippen LogP contribution in [0.15, 0.2) is 0 Å². The van der Waals surface area contributed by atoms with E-state index in [0.717, 1.165) is 11.8 Å². The molecule has 0 aromatic rings. The summed E-state index contributed by atoms with van der Waals surface area (Å²) in [4.78, 5) is 5.48. The fourth-order valence-electron chi connectivity index (χ4n) is 4.17. The van der Waals surface area contributed by atoms with Crippen molar-refractivity contribution in [1.82, 2.24) is 9.80 Å². The number of hydrogen-bond acceptors (Lipinski definition) is 2. The molecule has 1 fully saturated rings. The summed E-state index contributed by atoms with van der Waals surface area (Å²) in [5.74, 6) is 1.82. The van der Waals surface area contributed by atoms with E-state index in [9.17, 15) is 0 Å². The van der Waals surface area contributed by atoms with Gasteiger partial charge in [0.1, 0.15) is 0 Å². The second-order valence-corrected chi connectivity index (χ2v) is 7.88. The van der Waals surface area contributed by atoms with E-state index < -0.39 is 0 Å². The molecular formula is C21H44N2. The molecule has 2 heteroatoms. The second-order valence-electron chi connectivity index (χ2n) is 7.88. The summed E-state index contributed by atoms with van der Waals surface area (Å²) in [6, 6.07) is 0. The topological polar surface area (TPSA) is 6.48 Å². The molecule has 1 aliphatic heterocycles. The van der Waals surface area contributed by atoms with Gasteiger partial charge >= 0.3 is 0 Å². The molecule has 0 spiro atoms. The Balaban J connectivity index is 2.62.